The summed E-state index contributed by atoms with van der Waals surface area (Å²) < 4.78 is 26.4. The highest BCUT2D eigenvalue weighted by atomic mass is 16.7. The second kappa shape index (κ2) is 6.97. The van der Waals surface area contributed by atoms with Gasteiger partial charge >= 0.3 is 11.3 Å². The van der Waals surface area contributed by atoms with E-state index in [2.05, 4.69) is 0 Å². The van der Waals surface area contributed by atoms with Crippen molar-refractivity contribution in [2.24, 2.45) is 0 Å². The molecular formula is C20H16O12. The van der Waals surface area contributed by atoms with Crippen LogP contribution in [0.1, 0.15) is 0 Å². The molecule has 4 aromatic rings. The van der Waals surface area contributed by atoms with Crippen LogP contribution < -0.4 is 20.7 Å². The Hall–Kier alpha value is -3.58. The van der Waals surface area contributed by atoms with Crippen LogP contribution >= 0.6 is 0 Å². The van der Waals surface area contributed by atoms with Gasteiger partial charge in [-0.3, -0.25) is 0 Å². The topological polar surface area (TPSA) is 189 Å². The Kier molecular flexibility index (Phi) is 4.43. The molecule has 5 N–H and O–H groups in total. The summed E-state index contributed by atoms with van der Waals surface area (Å²) in [5.74, 6) is -1.75. The van der Waals surface area contributed by atoms with E-state index in [1.54, 1.807) is 0 Å². The van der Waals surface area contributed by atoms with Gasteiger partial charge in [-0.25, -0.2) is 9.59 Å². The summed E-state index contributed by atoms with van der Waals surface area (Å²) in [7, 11) is 1.23. The number of aromatic hydroxyl groups is 2. The average molecular weight is 448 g/mol. The van der Waals surface area contributed by atoms with Gasteiger partial charge in [0.05, 0.1) is 24.5 Å². The van der Waals surface area contributed by atoms with E-state index >= 15 is 0 Å². The Bertz CT molecular complexity index is 1470. The van der Waals surface area contributed by atoms with E-state index in [4.69, 9.17) is 23.0 Å². The number of methoxy groups -OCH3 is 1. The van der Waals surface area contributed by atoms with Gasteiger partial charge in [-0.15, -0.1) is 0 Å². The molecule has 0 aliphatic carbocycles. The normalized spacial score (nSPS) is 23.9. The highest BCUT2D eigenvalue weighted by Crippen LogP contribution is 2.45. The molecule has 1 fully saturated rings. The van der Waals surface area contributed by atoms with Crippen LogP contribution in [-0.2, 0) is 4.74 Å². The van der Waals surface area contributed by atoms with Crippen molar-refractivity contribution in [1.29, 1.82) is 0 Å². The second-order valence-corrected chi connectivity index (χ2v) is 7.30. The summed E-state index contributed by atoms with van der Waals surface area (Å²) in [6.45, 7) is -0.375. The molecule has 4 unspecified atom stereocenters. The molecule has 1 aliphatic heterocycles. The van der Waals surface area contributed by atoms with Gasteiger partial charge in [-0.1, -0.05) is 0 Å². The molecule has 0 saturated carbocycles. The maximum absolute atomic E-state index is 12.7. The van der Waals surface area contributed by atoms with Crippen molar-refractivity contribution in [3.63, 3.8) is 0 Å². The molecule has 1 aliphatic rings. The molecule has 4 atom stereocenters. The van der Waals surface area contributed by atoms with Crippen LogP contribution in [-0.4, -0.2) is 63.9 Å². The van der Waals surface area contributed by atoms with Gasteiger partial charge < -0.3 is 48.6 Å². The van der Waals surface area contributed by atoms with Crippen LogP contribution in [0.5, 0.6) is 23.0 Å². The summed E-state index contributed by atoms with van der Waals surface area (Å²) in [4.78, 5) is 25.3. The number of ether oxygens (including phenoxy) is 3. The molecule has 2 aromatic carbocycles. The van der Waals surface area contributed by atoms with E-state index < -0.39 is 53.1 Å². The van der Waals surface area contributed by atoms with Crippen LogP contribution in [0.2, 0.25) is 0 Å². The van der Waals surface area contributed by atoms with Crippen LogP contribution in [0.25, 0.3) is 32.7 Å². The lowest BCUT2D eigenvalue weighted by molar-refractivity contribution is -0.242. The summed E-state index contributed by atoms with van der Waals surface area (Å²) >= 11 is 0. The minimum atomic E-state index is -1.70. The Morgan fingerprint density at radius 2 is 1.41 bits per heavy atom. The summed E-state index contributed by atoms with van der Waals surface area (Å²) in [6.07, 6.45) is -6.20. The number of phenolic OH excluding ortho intramolecular Hbond substituents is 2. The molecule has 168 valence electrons. The lowest BCUT2D eigenvalue weighted by Gasteiger charge is -2.35. The fourth-order valence-electron chi connectivity index (χ4n) is 3.87. The van der Waals surface area contributed by atoms with Crippen molar-refractivity contribution in [3.05, 3.63) is 33.0 Å². The number of benzene rings is 2. The highest BCUT2D eigenvalue weighted by molar-refractivity contribution is 6.22. The molecule has 0 bridgehead atoms. The van der Waals surface area contributed by atoms with Crippen LogP contribution in [0.4, 0.5) is 0 Å². The van der Waals surface area contributed by atoms with Gasteiger partial charge in [0.1, 0.15) is 18.3 Å². The summed E-state index contributed by atoms with van der Waals surface area (Å²) in [5.41, 5.74) is -2.45. The Morgan fingerprint density at radius 3 is 1.97 bits per heavy atom. The van der Waals surface area contributed by atoms with Crippen LogP contribution in [0.3, 0.4) is 0 Å². The number of hydrogen-bond acceptors (Lipinski definition) is 12. The van der Waals surface area contributed by atoms with Gasteiger partial charge in [0.2, 0.25) is 17.8 Å². The van der Waals surface area contributed by atoms with Gasteiger partial charge in [0.25, 0.3) is 0 Å². The summed E-state index contributed by atoms with van der Waals surface area (Å²) in [5, 5.41) is 50.1. The van der Waals surface area contributed by atoms with Crippen molar-refractivity contribution in [1.82, 2.24) is 0 Å². The first-order valence-corrected chi connectivity index (χ1v) is 9.34. The molecule has 2 aromatic heterocycles. The van der Waals surface area contributed by atoms with E-state index in [9.17, 15) is 35.1 Å². The third kappa shape index (κ3) is 2.71. The minimum absolute atomic E-state index is 0.0304. The largest absolute Gasteiger partial charge is 0.504 e. The minimum Gasteiger partial charge on any atom is -0.504 e. The van der Waals surface area contributed by atoms with E-state index in [1.807, 2.05) is 0 Å². The fourth-order valence-corrected chi connectivity index (χ4v) is 3.87. The van der Waals surface area contributed by atoms with Gasteiger partial charge in [-0.05, 0) is 12.1 Å². The second-order valence-electron chi connectivity index (χ2n) is 7.30. The molecule has 1 saturated heterocycles. The monoisotopic (exact) mass is 448 g/mol. The number of aliphatic hydroxyl groups is 3. The smallest absolute Gasteiger partial charge is 0.344 e. The molecule has 0 radical (unpaired) electrons. The van der Waals surface area contributed by atoms with Crippen LogP contribution in [0, 0.1) is 0 Å². The molecule has 0 spiro atoms. The third-order valence-electron chi connectivity index (χ3n) is 5.40. The third-order valence-corrected chi connectivity index (χ3v) is 5.40. The van der Waals surface area contributed by atoms with Crippen molar-refractivity contribution in [2.45, 2.75) is 24.6 Å². The molecule has 3 heterocycles. The standard InChI is InChI=1S/C20H16O12/c1-28-14-7(21)2-5-10-11-6(18(26)30-16(10)14)3-8(22)15(17(11)31-19(5)27)32-20-13(25)12(24)9(23)4-29-20/h2-3,9,12-13,20-25H,4H2,1H3. The molecule has 5 rings (SSSR count). The zero-order valence-electron chi connectivity index (χ0n) is 16.3. The molecular weight excluding hydrogens is 432 g/mol. The first-order valence-electron chi connectivity index (χ1n) is 9.34. The van der Waals surface area contributed by atoms with Crippen molar-refractivity contribution >= 4 is 32.7 Å². The lowest BCUT2D eigenvalue weighted by atomic mass is 10.0. The number of hydrogen-bond donors (Lipinski definition) is 5. The van der Waals surface area contributed by atoms with Crippen LogP contribution in [0.15, 0.2) is 30.6 Å². The Balaban J connectivity index is 1.83. The maximum atomic E-state index is 12.7. The van der Waals surface area contributed by atoms with Crippen molar-refractivity contribution in [2.75, 3.05) is 13.7 Å². The van der Waals surface area contributed by atoms with Crippen molar-refractivity contribution in [3.8, 4) is 23.0 Å². The lowest BCUT2D eigenvalue weighted by Crippen LogP contribution is -2.54. The Labute approximate surface area is 176 Å². The summed E-state index contributed by atoms with van der Waals surface area (Å²) in [6, 6.07) is 2.10. The van der Waals surface area contributed by atoms with Gasteiger partial charge in [0.15, 0.2) is 22.7 Å². The molecule has 0 amide bonds. The quantitative estimate of drug-likeness (QED) is 0.204. The maximum Gasteiger partial charge on any atom is 0.344 e. The van der Waals surface area contributed by atoms with E-state index in [-0.39, 0.29) is 45.1 Å². The molecule has 12 heteroatoms. The molecule has 32 heavy (non-hydrogen) atoms. The first-order chi connectivity index (χ1) is 15.2. The predicted octanol–water partition coefficient (Wildman–Crippen LogP) is -0.272. The van der Waals surface area contributed by atoms with Gasteiger partial charge in [0, 0.05) is 10.8 Å². The number of rotatable bonds is 3. The van der Waals surface area contributed by atoms with E-state index in [0.717, 1.165) is 12.1 Å². The predicted molar refractivity (Wildman–Crippen MR) is 105 cm³/mol. The van der Waals surface area contributed by atoms with E-state index in [0.29, 0.717) is 0 Å². The fraction of sp³-hybridized carbons (Fsp3) is 0.300. The zero-order chi connectivity index (χ0) is 22.9. The van der Waals surface area contributed by atoms with Crippen molar-refractivity contribution < 1.29 is 48.6 Å². The number of phenols is 2. The SMILES string of the molecule is COc1c(O)cc2c(=O)oc3c(OC4OCC(O)C(O)C4O)c(O)cc4c(=O)oc1c2c34. The Morgan fingerprint density at radius 1 is 0.875 bits per heavy atom. The molecule has 12 nitrogen and oxygen atoms in total. The number of aliphatic hydroxyl groups excluding tert-OH is 3. The van der Waals surface area contributed by atoms with E-state index in [1.165, 1.54) is 7.11 Å². The van der Waals surface area contributed by atoms with Gasteiger partial charge in [-0.2, -0.15) is 0 Å². The highest BCUT2D eigenvalue weighted by Gasteiger charge is 2.40. The average Bonchev–Trinajstić information content (AvgIpc) is 2.75. The first kappa shape index (κ1) is 20.3. The zero-order valence-corrected chi connectivity index (χ0v) is 16.3.